The monoisotopic (exact) mass is 306 g/mol. The van der Waals surface area contributed by atoms with Crippen LogP contribution in [0.25, 0.3) is 0 Å². The molecule has 0 aliphatic carbocycles. The van der Waals surface area contributed by atoms with E-state index in [-0.39, 0.29) is 17.9 Å². The van der Waals surface area contributed by atoms with Gasteiger partial charge in [0.25, 0.3) is 0 Å². The zero-order valence-electron chi connectivity index (χ0n) is 13.3. The molecule has 1 atom stereocenters. The fourth-order valence-corrected chi connectivity index (χ4v) is 2.98. The van der Waals surface area contributed by atoms with Gasteiger partial charge in [0.15, 0.2) is 0 Å². The Kier molecular flexibility index (Phi) is 13.5. The molecule has 0 fully saturated rings. The smallest absolute Gasteiger partial charge is 0.319 e. The topological polar surface area (TPSA) is 26.3 Å². The molecule has 120 valence electrons. The molecule has 0 spiro atoms. The summed E-state index contributed by atoms with van der Waals surface area (Å²) in [7, 11) is 0. The van der Waals surface area contributed by atoms with E-state index in [2.05, 4.69) is 6.92 Å². The van der Waals surface area contributed by atoms with Gasteiger partial charge in [-0.15, -0.1) is 11.8 Å². The summed E-state index contributed by atoms with van der Waals surface area (Å²) in [4.78, 5) is 12.1. The third kappa shape index (κ3) is 11.6. The van der Waals surface area contributed by atoms with Crippen molar-refractivity contribution in [3.05, 3.63) is 0 Å². The van der Waals surface area contributed by atoms with E-state index in [4.69, 9.17) is 4.74 Å². The second kappa shape index (κ2) is 13.7. The summed E-state index contributed by atoms with van der Waals surface area (Å²) in [6, 6.07) is 0. The minimum atomic E-state index is -0.235. The van der Waals surface area contributed by atoms with E-state index in [1.807, 2.05) is 13.8 Å². The second-order valence-corrected chi connectivity index (χ2v) is 6.94. The van der Waals surface area contributed by atoms with E-state index in [1.54, 1.807) is 11.8 Å². The molecular formula is C16H31FO2S. The molecule has 0 aliphatic rings. The summed E-state index contributed by atoms with van der Waals surface area (Å²) in [5.74, 6) is 1.24. The van der Waals surface area contributed by atoms with Crippen molar-refractivity contribution < 1.29 is 13.9 Å². The predicted octanol–water partition coefficient (Wildman–Crippen LogP) is 5.01. The molecular weight excluding hydrogens is 275 g/mol. The molecule has 0 aromatic carbocycles. The average molecular weight is 306 g/mol. The van der Waals surface area contributed by atoms with Crippen LogP contribution in [0, 0.1) is 5.92 Å². The Morgan fingerprint density at radius 1 is 1.15 bits per heavy atom. The highest BCUT2D eigenvalue weighted by Crippen LogP contribution is 2.21. The highest BCUT2D eigenvalue weighted by atomic mass is 32.2. The van der Waals surface area contributed by atoms with E-state index >= 15 is 0 Å². The van der Waals surface area contributed by atoms with Crippen molar-refractivity contribution in [2.75, 3.05) is 19.0 Å². The van der Waals surface area contributed by atoms with Gasteiger partial charge in [-0.25, -0.2) is 0 Å². The molecule has 0 N–H and O–H groups in total. The number of unbranched alkanes of at least 4 members (excludes halogenated alkanes) is 4. The number of ether oxygens (including phenoxy) is 1. The molecule has 0 radical (unpaired) electrons. The number of halogens is 1. The van der Waals surface area contributed by atoms with Crippen LogP contribution in [-0.4, -0.2) is 30.3 Å². The van der Waals surface area contributed by atoms with Crippen LogP contribution in [-0.2, 0) is 9.53 Å². The van der Waals surface area contributed by atoms with Gasteiger partial charge in [-0.1, -0.05) is 46.5 Å². The van der Waals surface area contributed by atoms with Gasteiger partial charge < -0.3 is 4.74 Å². The minimum Gasteiger partial charge on any atom is -0.465 e. The highest BCUT2D eigenvalue weighted by molar-refractivity contribution is 8.00. The van der Waals surface area contributed by atoms with Crippen LogP contribution in [0.1, 0.15) is 65.7 Å². The van der Waals surface area contributed by atoms with Crippen molar-refractivity contribution in [1.82, 2.24) is 0 Å². The van der Waals surface area contributed by atoms with Gasteiger partial charge in [-0.05, 0) is 30.9 Å². The van der Waals surface area contributed by atoms with Crippen LogP contribution in [0.4, 0.5) is 4.39 Å². The summed E-state index contributed by atoms with van der Waals surface area (Å²) < 4.78 is 17.4. The van der Waals surface area contributed by atoms with Crippen molar-refractivity contribution >= 4 is 17.7 Å². The molecule has 0 heterocycles. The molecule has 0 saturated carbocycles. The van der Waals surface area contributed by atoms with Crippen molar-refractivity contribution in [3.63, 3.8) is 0 Å². The lowest BCUT2D eigenvalue weighted by Gasteiger charge is -2.16. The predicted molar refractivity (Wildman–Crippen MR) is 86.0 cm³/mol. The first kappa shape index (κ1) is 19.8. The van der Waals surface area contributed by atoms with Crippen molar-refractivity contribution in [3.8, 4) is 0 Å². The Hall–Kier alpha value is -0.250. The molecule has 0 bridgehead atoms. The summed E-state index contributed by atoms with van der Waals surface area (Å²) in [6.45, 7) is 6.52. The van der Waals surface area contributed by atoms with Gasteiger partial charge in [0.1, 0.15) is 5.25 Å². The van der Waals surface area contributed by atoms with Crippen LogP contribution in [0.3, 0.4) is 0 Å². The first-order valence-electron chi connectivity index (χ1n) is 7.96. The minimum absolute atomic E-state index is 0.0364. The molecule has 1 unspecified atom stereocenters. The number of alkyl halides is 1. The first-order chi connectivity index (χ1) is 9.61. The Labute approximate surface area is 128 Å². The molecule has 0 aromatic rings. The van der Waals surface area contributed by atoms with Gasteiger partial charge >= 0.3 is 5.97 Å². The molecule has 0 aliphatic heterocycles. The number of esters is 1. The number of thioether (sulfide) groups is 1. The summed E-state index contributed by atoms with van der Waals surface area (Å²) in [6.07, 6.45) is 6.83. The molecule has 0 saturated heterocycles. The van der Waals surface area contributed by atoms with Gasteiger partial charge in [0.2, 0.25) is 0 Å². The number of hydrogen-bond acceptors (Lipinski definition) is 3. The van der Waals surface area contributed by atoms with Crippen molar-refractivity contribution in [1.29, 1.82) is 0 Å². The van der Waals surface area contributed by atoms with Gasteiger partial charge in [-0.2, -0.15) is 0 Å². The SMILES string of the molecule is CCCCCC(SCCCCCF)C(=O)OCC(C)C. The van der Waals surface area contributed by atoms with Crippen molar-refractivity contribution in [2.24, 2.45) is 5.92 Å². The molecule has 0 aromatic heterocycles. The molecule has 2 nitrogen and oxygen atoms in total. The van der Waals surface area contributed by atoms with Crippen LogP contribution >= 0.6 is 11.8 Å². The molecule has 0 amide bonds. The maximum absolute atomic E-state index is 12.1. The van der Waals surface area contributed by atoms with Crippen LogP contribution < -0.4 is 0 Å². The first-order valence-corrected chi connectivity index (χ1v) is 9.00. The second-order valence-electron chi connectivity index (χ2n) is 5.63. The fraction of sp³-hybridized carbons (Fsp3) is 0.938. The number of carbonyl (C=O) groups is 1. The molecule has 4 heteroatoms. The standard InChI is InChI=1S/C16H31FO2S/c1-4-5-7-10-15(16(18)19-13-14(2)3)20-12-9-6-8-11-17/h14-15H,4-13H2,1-3H3. The Morgan fingerprint density at radius 3 is 2.50 bits per heavy atom. The van der Waals surface area contributed by atoms with Gasteiger partial charge in [0, 0.05) is 0 Å². The number of carbonyl (C=O) groups excluding carboxylic acids is 1. The van der Waals surface area contributed by atoms with E-state index < -0.39 is 0 Å². The number of rotatable bonds is 13. The number of hydrogen-bond donors (Lipinski definition) is 0. The van der Waals surface area contributed by atoms with Gasteiger partial charge in [-0.3, -0.25) is 9.18 Å². The van der Waals surface area contributed by atoms with Crippen LogP contribution in [0.5, 0.6) is 0 Å². The van der Waals surface area contributed by atoms with E-state index in [0.29, 0.717) is 18.9 Å². The maximum atomic E-state index is 12.1. The highest BCUT2D eigenvalue weighted by Gasteiger charge is 2.20. The largest absolute Gasteiger partial charge is 0.465 e. The maximum Gasteiger partial charge on any atom is 0.319 e. The van der Waals surface area contributed by atoms with E-state index in [9.17, 15) is 9.18 Å². The lowest BCUT2D eigenvalue weighted by atomic mass is 10.1. The molecule has 20 heavy (non-hydrogen) atoms. The van der Waals surface area contributed by atoms with Crippen LogP contribution in [0.2, 0.25) is 0 Å². The average Bonchev–Trinajstić information content (AvgIpc) is 2.42. The molecule has 0 rings (SSSR count). The Bertz CT molecular complexity index is 235. The Morgan fingerprint density at radius 2 is 1.90 bits per heavy atom. The van der Waals surface area contributed by atoms with E-state index in [1.165, 1.54) is 0 Å². The summed E-state index contributed by atoms with van der Waals surface area (Å²) in [5, 5.41) is -0.0364. The van der Waals surface area contributed by atoms with E-state index in [0.717, 1.165) is 44.3 Å². The normalized spacial score (nSPS) is 12.7. The summed E-state index contributed by atoms with van der Waals surface area (Å²) >= 11 is 1.69. The fourth-order valence-electron chi connectivity index (χ4n) is 1.79. The third-order valence-corrected chi connectivity index (χ3v) is 4.34. The lowest BCUT2D eigenvalue weighted by Crippen LogP contribution is -2.22. The zero-order valence-corrected chi connectivity index (χ0v) is 14.1. The third-order valence-electron chi connectivity index (χ3n) is 2.99. The Balaban J connectivity index is 4.01. The van der Waals surface area contributed by atoms with Gasteiger partial charge in [0.05, 0.1) is 13.3 Å². The lowest BCUT2D eigenvalue weighted by molar-refractivity contribution is -0.144. The summed E-state index contributed by atoms with van der Waals surface area (Å²) in [5.41, 5.74) is 0. The van der Waals surface area contributed by atoms with Crippen molar-refractivity contribution in [2.45, 2.75) is 71.0 Å². The quantitative estimate of drug-likeness (QED) is 0.353. The zero-order chi connectivity index (χ0) is 15.2. The van der Waals surface area contributed by atoms with Crippen LogP contribution in [0.15, 0.2) is 0 Å².